The van der Waals surface area contributed by atoms with Crippen LogP contribution in [0.1, 0.15) is 77.5 Å². The van der Waals surface area contributed by atoms with Crippen molar-refractivity contribution in [3.63, 3.8) is 0 Å². The molecule has 262 valence electrons. The van der Waals surface area contributed by atoms with E-state index in [9.17, 15) is 23.6 Å². The van der Waals surface area contributed by atoms with Gasteiger partial charge in [-0.25, -0.2) is 22.4 Å². The minimum atomic E-state index is -3.04. The molecule has 14 heteroatoms. The number of pyridine rings is 1. The Balaban J connectivity index is 1.57. The summed E-state index contributed by atoms with van der Waals surface area (Å²) >= 11 is 0. The Morgan fingerprint density at radius 3 is 2.36 bits per heavy atom. The number of amides is 2. The standard InChI is InChI=1S/C36H36F4N6O4/c1-33(2,3)50-32(48)43-27-16-35(6,38)24-15-25(37)23(29-44-45-31(49-29)34(4,5)19-41)14-28(24)46(30(27)47)18-20-8-10-21(11-9-20)26-13-12-22(17-42-26)36(7,39)40/h8-15,17,27H,16,18H2,1-7H3,(H,43,48)/t27-,35?/m1/s1. The maximum Gasteiger partial charge on any atom is 0.408 e. The molecule has 1 aliphatic rings. The van der Waals surface area contributed by atoms with Gasteiger partial charge in [-0.2, -0.15) is 5.26 Å². The molecule has 0 fully saturated rings. The number of nitrogens with zero attached hydrogens (tertiary/aromatic N) is 5. The Morgan fingerprint density at radius 2 is 1.78 bits per heavy atom. The van der Waals surface area contributed by atoms with Crippen LogP contribution >= 0.6 is 0 Å². The summed E-state index contributed by atoms with van der Waals surface area (Å²) in [5, 5.41) is 19.8. The van der Waals surface area contributed by atoms with Crippen molar-refractivity contribution in [3.05, 3.63) is 83.1 Å². The minimum Gasteiger partial charge on any atom is -0.444 e. The van der Waals surface area contributed by atoms with Crippen molar-refractivity contribution in [3.8, 4) is 28.8 Å². The summed E-state index contributed by atoms with van der Waals surface area (Å²) in [5.74, 6) is -5.00. The van der Waals surface area contributed by atoms with Gasteiger partial charge in [0.2, 0.25) is 11.8 Å². The Kier molecular flexibility index (Phi) is 9.25. The Morgan fingerprint density at radius 1 is 1.10 bits per heavy atom. The molecule has 50 heavy (non-hydrogen) atoms. The van der Waals surface area contributed by atoms with Crippen LogP contribution in [0.4, 0.5) is 28.0 Å². The molecular weight excluding hydrogens is 656 g/mol. The van der Waals surface area contributed by atoms with Crippen molar-refractivity contribution in [2.45, 2.75) is 90.1 Å². The van der Waals surface area contributed by atoms with Crippen molar-refractivity contribution >= 4 is 17.7 Å². The van der Waals surface area contributed by atoms with E-state index in [0.29, 0.717) is 16.8 Å². The third-order valence-electron chi connectivity index (χ3n) is 8.11. The summed E-state index contributed by atoms with van der Waals surface area (Å²) in [6.07, 6.45) is -0.371. The molecule has 3 heterocycles. The monoisotopic (exact) mass is 692 g/mol. The van der Waals surface area contributed by atoms with Crippen LogP contribution in [0.5, 0.6) is 0 Å². The molecule has 0 radical (unpaired) electrons. The normalized spacial score (nSPS) is 18.2. The van der Waals surface area contributed by atoms with Crippen LogP contribution in [-0.2, 0) is 33.1 Å². The van der Waals surface area contributed by atoms with Gasteiger partial charge >= 0.3 is 6.09 Å². The van der Waals surface area contributed by atoms with Crippen molar-refractivity contribution in [1.82, 2.24) is 20.5 Å². The van der Waals surface area contributed by atoms with Crippen LogP contribution in [0.15, 0.2) is 59.1 Å². The van der Waals surface area contributed by atoms with Gasteiger partial charge < -0.3 is 19.4 Å². The van der Waals surface area contributed by atoms with Crippen LogP contribution < -0.4 is 10.2 Å². The topological polar surface area (TPSA) is 134 Å². The second-order valence-corrected chi connectivity index (χ2v) is 14.0. The number of benzene rings is 2. The van der Waals surface area contributed by atoms with E-state index in [1.165, 1.54) is 30.0 Å². The second kappa shape index (κ2) is 12.9. The van der Waals surface area contributed by atoms with E-state index in [0.717, 1.165) is 19.2 Å². The third-order valence-corrected chi connectivity index (χ3v) is 8.11. The SMILES string of the molecule is CC(C)(C)OC(=O)N[C@@H]1CC(C)(F)c2cc(F)c(-c3nnc(C(C)(C)C#N)o3)cc2N(Cc2ccc(-c3ccc(C(C)(F)F)cn3)cc2)C1=O. The number of nitriles is 1. The second-order valence-electron chi connectivity index (χ2n) is 14.0. The number of rotatable bonds is 7. The van der Waals surface area contributed by atoms with Gasteiger partial charge in [-0.1, -0.05) is 24.3 Å². The van der Waals surface area contributed by atoms with E-state index in [1.54, 1.807) is 58.9 Å². The van der Waals surface area contributed by atoms with Crippen LogP contribution in [0.2, 0.25) is 0 Å². The molecule has 2 atom stereocenters. The van der Waals surface area contributed by atoms with E-state index < -0.39 is 52.9 Å². The van der Waals surface area contributed by atoms with Gasteiger partial charge in [-0.15, -0.1) is 10.2 Å². The van der Waals surface area contributed by atoms with Gasteiger partial charge in [0.1, 0.15) is 28.5 Å². The lowest BCUT2D eigenvalue weighted by Crippen LogP contribution is -2.50. The van der Waals surface area contributed by atoms with Gasteiger partial charge in [0, 0.05) is 36.2 Å². The zero-order valence-electron chi connectivity index (χ0n) is 28.6. The molecule has 0 aliphatic carbocycles. The number of hydrogen-bond acceptors (Lipinski definition) is 8. The molecule has 1 N–H and O–H groups in total. The molecule has 1 unspecified atom stereocenters. The largest absolute Gasteiger partial charge is 0.444 e. The Hall–Kier alpha value is -5.32. The van der Waals surface area contributed by atoms with E-state index in [2.05, 4.69) is 20.5 Å². The number of nitrogens with one attached hydrogen (secondary N) is 1. The number of fused-ring (bicyclic) bond motifs is 1. The van der Waals surface area contributed by atoms with E-state index >= 15 is 8.78 Å². The molecule has 2 aromatic heterocycles. The lowest BCUT2D eigenvalue weighted by Gasteiger charge is -2.27. The molecule has 0 bridgehead atoms. The van der Waals surface area contributed by atoms with E-state index in [-0.39, 0.29) is 40.7 Å². The average molecular weight is 693 g/mol. The van der Waals surface area contributed by atoms with Gasteiger partial charge in [0.25, 0.3) is 11.8 Å². The summed E-state index contributed by atoms with van der Waals surface area (Å²) in [5.41, 5.74) is -3.43. The first-order chi connectivity index (χ1) is 23.2. The quantitative estimate of drug-likeness (QED) is 0.194. The van der Waals surface area contributed by atoms with Gasteiger partial charge in [-0.3, -0.25) is 9.78 Å². The molecule has 0 spiro atoms. The first kappa shape index (κ1) is 36.0. The predicted molar refractivity (Wildman–Crippen MR) is 175 cm³/mol. The molecule has 2 amide bonds. The summed E-state index contributed by atoms with van der Waals surface area (Å²) in [7, 11) is 0. The van der Waals surface area contributed by atoms with Gasteiger partial charge in [0.05, 0.1) is 29.6 Å². The number of hydrogen-bond donors (Lipinski definition) is 1. The predicted octanol–water partition coefficient (Wildman–Crippen LogP) is 7.87. The highest BCUT2D eigenvalue weighted by Crippen LogP contribution is 2.44. The van der Waals surface area contributed by atoms with E-state index in [1.807, 2.05) is 6.07 Å². The molecule has 10 nitrogen and oxygen atoms in total. The number of aromatic nitrogens is 3. The Bertz CT molecular complexity index is 1960. The molecule has 0 saturated carbocycles. The Labute approximate surface area is 286 Å². The number of halogens is 4. The van der Waals surface area contributed by atoms with Crippen LogP contribution in [0.3, 0.4) is 0 Å². The number of anilines is 1. The maximum absolute atomic E-state index is 16.6. The van der Waals surface area contributed by atoms with Crippen LogP contribution in [0.25, 0.3) is 22.7 Å². The zero-order valence-corrected chi connectivity index (χ0v) is 28.6. The molecule has 0 saturated heterocycles. The third kappa shape index (κ3) is 7.61. The summed E-state index contributed by atoms with van der Waals surface area (Å²) in [6.45, 7) is 9.83. The smallest absolute Gasteiger partial charge is 0.408 e. The molecule has 2 aromatic carbocycles. The highest BCUT2D eigenvalue weighted by atomic mass is 19.3. The number of alkyl halides is 3. The zero-order chi connectivity index (χ0) is 36.8. The maximum atomic E-state index is 16.6. The first-order valence-electron chi connectivity index (χ1n) is 15.7. The van der Waals surface area contributed by atoms with E-state index in [4.69, 9.17) is 9.15 Å². The average Bonchev–Trinajstić information content (AvgIpc) is 3.51. The minimum absolute atomic E-state index is 0.00833. The van der Waals surface area contributed by atoms with Crippen molar-refractivity contribution in [2.24, 2.45) is 0 Å². The summed E-state index contributed by atoms with van der Waals surface area (Å²) in [4.78, 5) is 32.4. The molecule has 4 aromatic rings. The van der Waals surface area contributed by atoms with Crippen molar-refractivity contribution < 1.29 is 36.3 Å². The highest BCUT2D eigenvalue weighted by molar-refractivity contribution is 6.01. The molecule has 5 rings (SSSR count). The number of carbonyl (C=O) groups is 2. The van der Waals surface area contributed by atoms with Gasteiger partial charge in [0.15, 0.2) is 0 Å². The lowest BCUT2D eigenvalue weighted by atomic mass is 9.90. The summed E-state index contributed by atoms with van der Waals surface area (Å²) in [6, 6.07) is 12.3. The summed E-state index contributed by atoms with van der Waals surface area (Å²) < 4.78 is 70.8. The van der Waals surface area contributed by atoms with Crippen LogP contribution in [0, 0.1) is 17.1 Å². The van der Waals surface area contributed by atoms with Crippen molar-refractivity contribution in [2.75, 3.05) is 4.90 Å². The molecule has 1 aliphatic heterocycles. The fourth-order valence-electron chi connectivity index (χ4n) is 5.40. The highest BCUT2D eigenvalue weighted by Gasteiger charge is 2.44. The number of carbonyl (C=O) groups excluding carboxylic acids is 2. The lowest BCUT2D eigenvalue weighted by molar-refractivity contribution is -0.121. The fourth-order valence-corrected chi connectivity index (χ4v) is 5.40. The van der Waals surface area contributed by atoms with Crippen LogP contribution in [-0.4, -0.2) is 38.8 Å². The fraction of sp³-hybridized carbons (Fsp3) is 0.389. The van der Waals surface area contributed by atoms with Crippen molar-refractivity contribution in [1.29, 1.82) is 5.26 Å². The first-order valence-corrected chi connectivity index (χ1v) is 15.7. The molecular formula is C36H36F4N6O4. The number of ether oxygens (including phenoxy) is 1. The number of alkyl carbamates (subject to hydrolysis) is 1. The van der Waals surface area contributed by atoms with Gasteiger partial charge in [-0.05, 0) is 71.4 Å².